The van der Waals surface area contributed by atoms with E-state index in [0.717, 1.165) is 30.8 Å². The van der Waals surface area contributed by atoms with Crippen molar-refractivity contribution >= 4 is 11.9 Å². The van der Waals surface area contributed by atoms with E-state index < -0.39 is 0 Å². The molecule has 4 rings (SSSR count). The van der Waals surface area contributed by atoms with E-state index in [2.05, 4.69) is 26.7 Å². The van der Waals surface area contributed by atoms with Crippen LogP contribution in [0.2, 0.25) is 0 Å². The van der Waals surface area contributed by atoms with Gasteiger partial charge in [0, 0.05) is 32.0 Å². The van der Waals surface area contributed by atoms with Crippen molar-refractivity contribution in [3.05, 3.63) is 59.7 Å². The highest BCUT2D eigenvalue weighted by Gasteiger charge is 2.24. The molecule has 0 spiro atoms. The molecule has 3 heterocycles. The maximum Gasteiger partial charge on any atom is 0.248 e. The van der Waals surface area contributed by atoms with Gasteiger partial charge >= 0.3 is 0 Å². The lowest BCUT2D eigenvalue weighted by molar-refractivity contribution is -0.116. The van der Waals surface area contributed by atoms with Crippen LogP contribution in [0, 0.1) is 0 Å². The molecular weight excluding hydrogens is 328 g/mol. The van der Waals surface area contributed by atoms with Gasteiger partial charge in [0.2, 0.25) is 11.9 Å². The van der Waals surface area contributed by atoms with Crippen LogP contribution >= 0.6 is 0 Å². The maximum atomic E-state index is 12.2. The van der Waals surface area contributed by atoms with Gasteiger partial charge in [-0.15, -0.1) is 5.10 Å². The second kappa shape index (κ2) is 7.11. The molecule has 2 aromatic heterocycles. The van der Waals surface area contributed by atoms with Crippen LogP contribution in [0.3, 0.4) is 0 Å². The van der Waals surface area contributed by atoms with E-state index in [1.807, 2.05) is 52.9 Å². The molecule has 134 valence electrons. The number of hydrogen-bond donors (Lipinski definition) is 1. The van der Waals surface area contributed by atoms with E-state index in [-0.39, 0.29) is 5.91 Å². The van der Waals surface area contributed by atoms with Crippen LogP contribution in [0.1, 0.15) is 35.7 Å². The Balaban J connectivity index is 1.36. The van der Waals surface area contributed by atoms with Gasteiger partial charge < -0.3 is 0 Å². The van der Waals surface area contributed by atoms with Crippen molar-refractivity contribution in [1.29, 1.82) is 0 Å². The molecule has 0 fully saturated rings. The van der Waals surface area contributed by atoms with Crippen LogP contribution in [0.4, 0.5) is 5.95 Å². The van der Waals surface area contributed by atoms with Crippen molar-refractivity contribution in [3.63, 3.8) is 0 Å². The van der Waals surface area contributed by atoms with Gasteiger partial charge in [-0.3, -0.25) is 14.8 Å². The number of carbonyl (C=O) groups is 1. The van der Waals surface area contributed by atoms with Crippen molar-refractivity contribution in [2.24, 2.45) is 7.05 Å². The highest BCUT2D eigenvalue weighted by molar-refractivity contribution is 5.89. The molecule has 3 aromatic rings. The SMILES string of the molecule is Cn1cc(C2CCc3nc(NC(=O)CCc4ccccc4)nn3C2)cn1. The standard InChI is InChI=1S/C19H22N6O/c1-24-12-16(11-20-24)15-8-9-17-21-19(23-25(17)13-15)22-18(26)10-7-14-5-3-2-4-6-14/h2-6,11-12,15H,7-10,13H2,1H3,(H,22,23,26). The summed E-state index contributed by atoms with van der Waals surface area (Å²) >= 11 is 0. The Morgan fingerprint density at radius 1 is 1.31 bits per heavy atom. The third-order valence-corrected chi connectivity index (χ3v) is 4.79. The van der Waals surface area contributed by atoms with Crippen LogP contribution < -0.4 is 5.32 Å². The van der Waals surface area contributed by atoms with Crippen LogP contribution in [-0.4, -0.2) is 30.5 Å². The summed E-state index contributed by atoms with van der Waals surface area (Å²) in [4.78, 5) is 16.7. The first-order chi connectivity index (χ1) is 12.7. The van der Waals surface area contributed by atoms with Crippen molar-refractivity contribution < 1.29 is 4.79 Å². The second-order valence-electron chi connectivity index (χ2n) is 6.75. The number of hydrogen-bond acceptors (Lipinski definition) is 4. The third kappa shape index (κ3) is 3.66. The molecule has 1 amide bonds. The zero-order valence-corrected chi connectivity index (χ0v) is 14.8. The number of amides is 1. The molecule has 1 atom stereocenters. The molecule has 0 saturated carbocycles. The quantitative estimate of drug-likeness (QED) is 0.766. The Bertz CT molecular complexity index is 898. The third-order valence-electron chi connectivity index (χ3n) is 4.79. The maximum absolute atomic E-state index is 12.2. The number of benzene rings is 1. The molecule has 1 aliphatic heterocycles. The normalized spacial score (nSPS) is 16.3. The molecule has 0 bridgehead atoms. The Morgan fingerprint density at radius 3 is 2.92 bits per heavy atom. The molecule has 7 heteroatoms. The van der Waals surface area contributed by atoms with Gasteiger partial charge in [-0.1, -0.05) is 30.3 Å². The number of carbonyl (C=O) groups excluding carboxylic acids is 1. The Hall–Kier alpha value is -2.96. The number of nitrogens with zero attached hydrogens (tertiary/aromatic N) is 5. The fourth-order valence-corrected chi connectivity index (χ4v) is 3.37. The van der Waals surface area contributed by atoms with Gasteiger partial charge in [0.25, 0.3) is 0 Å². The van der Waals surface area contributed by atoms with Gasteiger partial charge in [-0.25, -0.2) is 4.68 Å². The van der Waals surface area contributed by atoms with Crippen LogP contribution in [0.5, 0.6) is 0 Å². The summed E-state index contributed by atoms with van der Waals surface area (Å²) in [6, 6.07) is 9.99. The zero-order valence-electron chi connectivity index (χ0n) is 14.8. The molecule has 26 heavy (non-hydrogen) atoms. The average molecular weight is 350 g/mol. The van der Waals surface area contributed by atoms with E-state index in [1.54, 1.807) is 0 Å². The smallest absolute Gasteiger partial charge is 0.248 e. The summed E-state index contributed by atoms with van der Waals surface area (Å²) in [6.07, 6.45) is 6.98. The summed E-state index contributed by atoms with van der Waals surface area (Å²) < 4.78 is 3.73. The lowest BCUT2D eigenvalue weighted by Crippen LogP contribution is -2.19. The molecule has 7 nitrogen and oxygen atoms in total. The Labute approximate surface area is 152 Å². The summed E-state index contributed by atoms with van der Waals surface area (Å²) in [5.74, 6) is 1.67. The number of anilines is 1. The Morgan fingerprint density at radius 2 is 2.15 bits per heavy atom. The lowest BCUT2D eigenvalue weighted by Gasteiger charge is -2.21. The number of rotatable bonds is 5. The summed E-state index contributed by atoms with van der Waals surface area (Å²) in [7, 11) is 1.93. The van der Waals surface area contributed by atoms with Gasteiger partial charge in [-0.2, -0.15) is 10.1 Å². The molecule has 1 aliphatic rings. The molecule has 1 N–H and O–H groups in total. The first-order valence-electron chi connectivity index (χ1n) is 8.93. The first kappa shape index (κ1) is 16.5. The highest BCUT2D eigenvalue weighted by atomic mass is 16.1. The molecule has 1 unspecified atom stereocenters. The van der Waals surface area contributed by atoms with Gasteiger partial charge in [0.15, 0.2) is 0 Å². The van der Waals surface area contributed by atoms with Crippen molar-refractivity contribution in [2.45, 2.75) is 38.1 Å². The summed E-state index contributed by atoms with van der Waals surface area (Å²) in [5.41, 5.74) is 2.38. The zero-order chi connectivity index (χ0) is 17.9. The molecule has 0 aliphatic carbocycles. The van der Waals surface area contributed by atoms with Crippen molar-refractivity contribution in [3.8, 4) is 0 Å². The molecule has 0 radical (unpaired) electrons. The number of fused-ring (bicyclic) bond motifs is 1. The predicted molar refractivity (Wildman–Crippen MR) is 97.7 cm³/mol. The minimum atomic E-state index is -0.0550. The highest BCUT2D eigenvalue weighted by Crippen LogP contribution is 2.28. The summed E-state index contributed by atoms with van der Waals surface area (Å²) in [5, 5.41) is 11.6. The van der Waals surface area contributed by atoms with E-state index in [9.17, 15) is 4.79 Å². The predicted octanol–water partition coefficient (Wildman–Crippen LogP) is 2.31. The number of aromatic nitrogens is 5. The number of nitrogens with one attached hydrogen (secondary N) is 1. The monoisotopic (exact) mass is 350 g/mol. The molecule has 1 aromatic carbocycles. The topological polar surface area (TPSA) is 77.6 Å². The molecule has 0 saturated heterocycles. The molecular formula is C19H22N6O. The fourth-order valence-electron chi connectivity index (χ4n) is 3.37. The second-order valence-corrected chi connectivity index (χ2v) is 6.75. The van der Waals surface area contributed by atoms with Crippen molar-refractivity contribution in [1.82, 2.24) is 24.5 Å². The van der Waals surface area contributed by atoms with E-state index >= 15 is 0 Å². The minimum absolute atomic E-state index is 0.0550. The Kier molecular flexibility index (Phi) is 4.51. The lowest BCUT2D eigenvalue weighted by atomic mass is 9.94. The van der Waals surface area contributed by atoms with Gasteiger partial charge in [0.1, 0.15) is 5.82 Å². The van der Waals surface area contributed by atoms with Crippen LogP contribution in [0.25, 0.3) is 0 Å². The van der Waals surface area contributed by atoms with Crippen molar-refractivity contribution in [2.75, 3.05) is 5.32 Å². The summed E-state index contributed by atoms with van der Waals surface area (Å²) in [6.45, 7) is 0.772. The van der Waals surface area contributed by atoms with E-state index in [0.29, 0.717) is 24.7 Å². The van der Waals surface area contributed by atoms with E-state index in [1.165, 1.54) is 5.56 Å². The van der Waals surface area contributed by atoms with E-state index in [4.69, 9.17) is 0 Å². The minimum Gasteiger partial charge on any atom is -0.293 e. The first-order valence-corrected chi connectivity index (χ1v) is 8.93. The fraction of sp³-hybridized carbons (Fsp3) is 0.368. The number of aryl methyl sites for hydroxylation is 3. The average Bonchev–Trinajstić information content (AvgIpc) is 3.25. The largest absolute Gasteiger partial charge is 0.293 e. The van der Waals surface area contributed by atoms with Crippen LogP contribution in [0.15, 0.2) is 42.7 Å². The van der Waals surface area contributed by atoms with Gasteiger partial charge in [0.05, 0.1) is 12.7 Å². The van der Waals surface area contributed by atoms with Gasteiger partial charge in [-0.05, 0) is 24.0 Å². The van der Waals surface area contributed by atoms with Crippen LogP contribution in [-0.2, 0) is 31.2 Å².